The highest BCUT2D eigenvalue weighted by Gasteiger charge is 2.43. The third kappa shape index (κ3) is 2.98. The van der Waals surface area contributed by atoms with E-state index in [-0.39, 0.29) is 5.41 Å². The Bertz CT molecular complexity index is 1020. The standard InChI is InChI=1S/C22H22O2S/c1-15-4-5-18(12-16(15)2)21-14-22(10-11-22)13-20(21)17-6-8-19(9-7-17)25(3,23)24/h4-9,12-14H,10-11H2,1-3H3. The average Bonchev–Trinajstić information content (AvgIpc) is 3.20. The van der Waals surface area contributed by atoms with Crippen LogP contribution >= 0.6 is 0 Å². The van der Waals surface area contributed by atoms with Gasteiger partial charge in [0.1, 0.15) is 0 Å². The second-order valence-electron chi connectivity index (χ2n) is 7.44. The lowest BCUT2D eigenvalue weighted by Gasteiger charge is -2.12. The van der Waals surface area contributed by atoms with E-state index in [2.05, 4.69) is 44.2 Å². The first-order valence-electron chi connectivity index (χ1n) is 8.62. The number of sulfone groups is 1. The molecule has 2 aliphatic carbocycles. The molecule has 0 unspecified atom stereocenters. The van der Waals surface area contributed by atoms with Crippen molar-refractivity contribution in [3.05, 3.63) is 76.9 Å². The van der Waals surface area contributed by atoms with Crippen LogP contribution in [-0.4, -0.2) is 14.7 Å². The molecule has 3 heteroatoms. The minimum Gasteiger partial charge on any atom is -0.224 e. The Morgan fingerprint density at radius 2 is 1.36 bits per heavy atom. The Morgan fingerprint density at radius 1 is 0.800 bits per heavy atom. The van der Waals surface area contributed by atoms with E-state index in [9.17, 15) is 8.42 Å². The molecule has 128 valence electrons. The lowest BCUT2D eigenvalue weighted by atomic mass is 9.93. The second kappa shape index (κ2) is 5.43. The molecule has 0 heterocycles. The number of benzene rings is 2. The number of aryl methyl sites for hydroxylation is 2. The highest BCUT2D eigenvalue weighted by Crippen LogP contribution is 2.57. The molecule has 0 saturated heterocycles. The molecule has 0 amide bonds. The predicted molar refractivity (Wildman–Crippen MR) is 103 cm³/mol. The molecule has 1 fully saturated rings. The molecule has 0 radical (unpaired) electrons. The van der Waals surface area contributed by atoms with E-state index in [0.717, 1.165) is 5.56 Å². The van der Waals surface area contributed by atoms with Crippen molar-refractivity contribution in [2.45, 2.75) is 31.6 Å². The van der Waals surface area contributed by atoms with E-state index in [4.69, 9.17) is 0 Å². The Labute approximate surface area is 149 Å². The molecule has 0 bridgehead atoms. The third-order valence-electron chi connectivity index (χ3n) is 5.39. The first-order valence-corrected chi connectivity index (χ1v) is 10.5. The van der Waals surface area contributed by atoms with Crippen LogP contribution in [0.1, 0.15) is 35.1 Å². The number of allylic oxidation sites excluding steroid dienone is 4. The van der Waals surface area contributed by atoms with Gasteiger partial charge < -0.3 is 0 Å². The van der Waals surface area contributed by atoms with Crippen LogP contribution in [0.5, 0.6) is 0 Å². The fourth-order valence-electron chi connectivity index (χ4n) is 3.47. The first-order chi connectivity index (χ1) is 11.8. The average molecular weight is 350 g/mol. The first kappa shape index (κ1) is 16.3. The fraction of sp³-hybridized carbons (Fsp3) is 0.273. The summed E-state index contributed by atoms with van der Waals surface area (Å²) in [6.45, 7) is 4.27. The van der Waals surface area contributed by atoms with Crippen molar-refractivity contribution in [3.63, 3.8) is 0 Å². The van der Waals surface area contributed by atoms with Crippen molar-refractivity contribution in [3.8, 4) is 0 Å². The predicted octanol–water partition coefficient (Wildman–Crippen LogP) is 4.97. The van der Waals surface area contributed by atoms with Crippen molar-refractivity contribution in [2.75, 3.05) is 6.26 Å². The van der Waals surface area contributed by atoms with Gasteiger partial charge >= 0.3 is 0 Å². The maximum Gasteiger partial charge on any atom is 0.175 e. The monoisotopic (exact) mass is 350 g/mol. The van der Waals surface area contributed by atoms with Crippen LogP contribution in [0.3, 0.4) is 0 Å². The lowest BCUT2D eigenvalue weighted by Crippen LogP contribution is -1.97. The maximum absolute atomic E-state index is 11.7. The molecular formula is C22H22O2S. The topological polar surface area (TPSA) is 34.1 Å². The summed E-state index contributed by atoms with van der Waals surface area (Å²) in [6, 6.07) is 13.9. The van der Waals surface area contributed by atoms with Gasteiger partial charge in [0.15, 0.2) is 9.84 Å². The number of hydrogen-bond donors (Lipinski definition) is 0. The van der Waals surface area contributed by atoms with Crippen LogP contribution < -0.4 is 0 Å². The second-order valence-corrected chi connectivity index (χ2v) is 9.46. The van der Waals surface area contributed by atoms with Gasteiger partial charge in [-0.1, -0.05) is 42.5 Å². The lowest BCUT2D eigenvalue weighted by molar-refractivity contribution is 0.602. The molecule has 2 aliphatic rings. The molecule has 4 rings (SSSR count). The molecule has 0 aromatic heterocycles. The zero-order valence-corrected chi connectivity index (χ0v) is 15.7. The number of hydrogen-bond acceptors (Lipinski definition) is 2. The van der Waals surface area contributed by atoms with Crippen LogP contribution in [0, 0.1) is 19.3 Å². The van der Waals surface area contributed by atoms with E-state index in [1.54, 1.807) is 12.1 Å². The summed E-state index contributed by atoms with van der Waals surface area (Å²) in [5.41, 5.74) is 7.63. The van der Waals surface area contributed by atoms with Gasteiger partial charge in [-0.15, -0.1) is 0 Å². The van der Waals surface area contributed by atoms with Crippen molar-refractivity contribution in [2.24, 2.45) is 5.41 Å². The molecule has 2 aromatic carbocycles. The molecule has 1 spiro atoms. The molecule has 2 aromatic rings. The van der Waals surface area contributed by atoms with E-state index in [1.165, 1.54) is 46.9 Å². The maximum atomic E-state index is 11.7. The van der Waals surface area contributed by atoms with Crippen molar-refractivity contribution >= 4 is 21.0 Å². The largest absolute Gasteiger partial charge is 0.224 e. The molecule has 2 nitrogen and oxygen atoms in total. The van der Waals surface area contributed by atoms with Gasteiger partial charge in [0, 0.05) is 11.7 Å². The van der Waals surface area contributed by atoms with Gasteiger partial charge in [-0.3, -0.25) is 0 Å². The Morgan fingerprint density at radius 3 is 1.88 bits per heavy atom. The molecule has 25 heavy (non-hydrogen) atoms. The minimum atomic E-state index is -3.16. The molecule has 0 N–H and O–H groups in total. The Kier molecular flexibility index (Phi) is 3.55. The zero-order valence-electron chi connectivity index (χ0n) is 14.8. The van der Waals surface area contributed by atoms with Gasteiger partial charge in [-0.2, -0.15) is 0 Å². The van der Waals surface area contributed by atoms with Gasteiger partial charge in [-0.05, 0) is 72.2 Å². The number of rotatable bonds is 3. The van der Waals surface area contributed by atoms with Crippen LogP contribution in [0.25, 0.3) is 11.1 Å². The van der Waals surface area contributed by atoms with Crippen LogP contribution in [0.15, 0.2) is 59.5 Å². The summed E-state index contributed by atoms with van der Waals surface area (Å²) in [5, 5.41) is 0. The highest BCUT2D eigenvalue weighted by atomic mass is 32.2. The van der Waals surface area contributed by atoms with E-state index < -0.39 is 9.84 Å². The minimum absolute atomic E-state index is 0.221. The summed E-state index contributed by atoms with van der Waals surface area (Å²) in [5.74, 6) is 0. The van der Waals surface area contributed by atoms with Crippen molar-refractivity contribution in [1.82, 2.24) is 0 Å². The Hall–Kier alpha value is -2.13. The summed E-state index contributed by atoms with van der Waals surface area (Å²) in [6.07, 6.45) is 8.42. The summed E-state index contributed by atoms with van der Waals surface area (Å²) < 4.78 is 23.4. The summed E-state index contributed by atoms with van der Waals surface area (Å²) in [7, 11) is -3.16. The highest BCUT2D eigenvalue weighted by molar-refractivity contribution is 7.90. The van der Waals surface area contributed by atoms with Crippen LogP contribution in [0.2, 0.25) is 0 Å². The van der Waals surface area contributed by atoms with E-state index in [0.29, 0.717) is 4.90 Å². The van der Waals surface area contributed by atoms with Gasteiger partial charge in [0.05, 0.1) is 4.90 Å². The van der Waals surface area contributed by atoms with Gasteiger partial charge in [0.2, 0.25) is 0 Å². The smallest absolute Gasteiger partial charge is 0.175 e. The third-order valence-corrected chi connectivity index (χ3v) is 6.52. The quantitative estimate of drug-likeness (QED) is 0.783. The Balaban J connectivity index is 1.78. The van der Waals surface area contributed by atoms with Crippen LogP contribution in [-0.2, 0) is 9.84 Å². The molecule has 0 atom stereocenters. The molecule has 1 saturated carbocycles. The van der Waals surface area contributed by atoms with E-state index >= 15 is 0 Å². The molecular weight excluding hydrogens is 328 g/mol. The van der Waals surface area contributed by atoms with Gasteiger partial charge in [-0.25, -0.2) is 8.42 Å². The van der Waals surface area contributed by atoms with Crippen molar-refractivity contribution < 1.29 is 8.42 Å². The SMILES string of the molecule is Cc1ccc(C2=CC3(C=C2c2ccc(S(C)(=O)=O)cc2)CC3)cc1C. The van der Waals surface area contributed by atoms with Gasteiger partial charge in [0.25, 0.3) is 0 Å². The fourth-order valence-corrected chi connectivity index (χ4v) is 4.10. The molecule has 0 aliphatic heterocycles. The normalized spacial score (nSPS) is 18.2. The summed E-state index contributed by atoms with van der Waals surface area (Å²) in [4.78, 5) is 0.368. The van der Waals surface area contributed by atoms with E-state index in [1.807, 2.05) is 12.1 Å². The summed E-state index contributed by atoms with van der Waals surface area (Å²) >= 11 is 0. The van der Waals surface area contributed by atoms with Crippen molar-refractivity contribution in [1.29, 1.82) is 0 Å². The zero-order chi connectivity index (χ0) is 17.8. The van der Waals surface area contributed by atoms with Crippen LogP contribution in [0.4, 0.5) is 0 Å².